The molecule has 0 saturated heterocycles. The monoisotopic (exact) mass is 348 g/mol. The number of nitrogens with one attached hydrogen (secondary N) is 1. The van der Waals surface area contributed by atoms with Gasteiger partial charge in [0.25, 0.3) is 5.91 Å². The Balaban J connectivity index is 2.06. The molecule has 0 aliphatic rings. The minimum atomic E-state index is -1.01. The first-order chi connectivity index (χ1) is 11.4. The highest BCUT2D eigenvalue weighted by Gasteiger charge is 2.20. The van der Waals surface area contributed by atoms with E-state index in [1.807, 2.05) is 30.5 Å². The van der Waals surface area contributed by atoms with Crippen LogP contribution in [-0.2, 0) is 6.54 Å². The SMILES string of the molecule is CCn1c(C(=O)Nc2ccc(F)c(F)c2)c(C)c2cc(Cl)ccc21. The molecule has 0 fully saturated rings. The van der Waals surface area contributed by atoms with Gasteiger partial charge < -0.3 is 9.88 Å². The van der Waals surface area contributed by atoms with Gasteiger partial charge in [-0.15, -0.1) is 0 Å². The van der Waals surface area contributed by atoms with E-state index in [4.69, 9.17) is 11.6 Å². The van der Waals surface area contributed by atoms with Crippen LogP contribution in [0.15, 0.2) is 36.4 Å². The molecule has 0 aliphatic carbocycles. The van der Waals surface area contributed by atoms with E-state index in [1.54, 1.807) is 6.07 Å². The molecule has 0 unspecified atom stereocenters. The van der Waals surface area contributed by atoms with Crippen LogP contribution in [0.2, 0.25) is 5.02 Å². The van der Waals surface area contributed by atoms with E-state index in [1.165, 1.54) is 6.07 Å². The highest BCUT2D eigenvalue weighted by atomic mass is 35.5. The fourth-order valence-electron chi connectivity index (χ4n) is 2.88. The van der Waals surface area contributed by atoms with Crippen molar-refractivity contribution < 1.29 is 13.6 Å². The van der Waals surface area contributed by atoms with Gasteiger partial charge in [-0.3, -0.25) is 4.79 Å². The van der Waals surface area contributed by atoms with Crippen LogP contribution in [0.1, 0.15) is 23.0 Å². The normalized spacial score (nSPS) is 11.0. The summed E-state index contributed by atoms with van der Waals surface area (Å²) >= 11 is 6.05. The highest BCUT2D eigenvalue weighted by Crippen LogP contribution is 2.29. The third-order valence-electron chi connectivity index (χ3n) is 3.99. The molecule has 0 radical (unpaired) electrons. The first kappa shape index (κ1) is 16.5. The lowest BCUT2D eigenvalue weighted by Gasteiger charge is -2.10. The van der Waals surface area contributed by atoms with Crippen molar-refractivity contribution in [2.75, 3.05) is 5.32 Å². The van der Waals surface area contributed by atoms with E-state index in [-0.39, 0.29) is 11.6 Å². The van der Waals surface area contributed by atoms with Crippen LogP contribution in [0, 0.1) is 18.6 Å². The Morgan fingerprint density at radius 1 is 1.17 bits per heavy atom. The molecular weight excluding hydrogens is 334 g/mol. The first-order valence-electron chi connectivity index (χ1n) is 7.47. The molecular formula is C18H15ClF2N2O. The quantitative estimate of drug-likeness (QED) is 0.697. The molecule has 24 heavy (non-hydrogen) atoms. The molecule has 0 bridgehead atoms. The minimum Gasteiger partial charge on any atom is -0.337 e. The maximum atomic E-state index is 13.3. The molecule has 3 rings (SSSR count). The molecule has 1 heterocycles. The predicted octanol–water partition coefficient (Wildman–Crippen LogP) is 5.15. The smallest absolute Gasteiger partial charge is 0.272 e. The molecule has 0 atom stereocenters. The molecule has 0 spiro atoms. The number of nitrogens with zero attached hydrogens (tertiary/aromatic N) is 1. The molecule has 6 heteroatoms. The highest BCUT2D eigenvalue weighted by molar-refractivity contribution is 6.31. The topological polar surface area (TPSA) is 34.0 Å². The van der Waals surface area contributed by atoms with Crippen molar-refractivity contribution >= 4 is 34.1 Å². The number of carbonyl (C=O) groups excluding carboxylic acids is 1. The summed E-state index contributed by atoms with van der Waals surface area (Å²) in [5.41, 5.74) is 2.35. The van der Waals surface area contributed by atoms with E-state index in [2.05, 4.69) is 5.32 Å². The van der Waals surface area contributed by atoms with Crippen molar-refractivity contribution in [3.63, 3.8) is 0 Å². The first-order valence-corrected chi connectivity index (χ1v) is 7.85. The number of benzene rings is 2. The summed E-state index contributed by atoms with van der Waals surface area (Å²) in [6, 6.07) is 8.70. The van der Waals surface area contributed by atoms with E-state index >= 15 is 0 Å². The van der Waals surface area contributed by atoms with Gasteiger partial charge in [-0.25, -0.2) is 8.78 Å². The summed E-state index contributed by atoms with van der Waals surface area (Å²) in [5, 5.41) is 4.10. The summed E-state index contributed by atoms with van der Waals surface area (Å²) in [4.78, 5) is 12.7. The molecule has 1 N–H and O–H groups in total. The van der Waals surface area contributed by atoms with Gasteiger partial charge in [-0.2, -0.15) is 0 Å². The van der Waals surface area contributed by atoms with Crippen molar-refractivity contribution in [1.29, 1.82) is 0 Å². The van der Waals surface area contributed by atoms with Gasteiger partial charge in [0.15, 0.2) is 11.6 Å². The van der Waals surface area contributed by atoms with Crippen molar-refractivity contribution in [1.82, 2.24) is 4.57 Å². The largest absolute Gasteiger partial charge is 0.337 e. The van der Waals surface area contributed by atoms with E-state index in [0.29, 0.717) is 17.3 Å². The summed E-state index contributed by atoms with van der Waals surface area (Å²) in [6.07, 6.45) is 0. The van der Waals surface area contributed by atoms with Crippen molar-refractivity contribution in [2.45, 2.75) is 20.4 Å². The molecule has 1 amide bonds. The van der Waals surface area contributed by atoms with Crippen LogP contribution in [0.5, 0.6) is 0 Å². The number of halogens is 3. The Hall–Kier alpha value is -2.40. The minimum absolute atomic E-state index is 0.198. The average Bonchev–Trinajstić information content (AvgIpc) is 2.83. The summed E-state index contributed by atoms with van der Waals surface area (Å²) in [6.45, 7) is 4.36. The number of amides is 1. The Kier molecular flexibility index (Phi) is 4.28. The van der Waals surface area contributed by atoms with Gasteiger partial charge in [0.05, 0.1) is 0 Å². The molecule has 1 aromatic heterocycles. The number of fused-ring (bicyclic) bond motifs is 1. The lowest BCUT2D eigenvalue weighted by atomic mass is 10.1. The van der Waals surface area contributed by atoms with E-state index in [0.717, 1.165) is 28.6 Å². The molecule has 2 aromatic carbocycles. The van der Waals surface area contributed by atoms with Crippen molar-refractivity contribution in [3.8, 4) is 0 Å². The number of hydrogen-bond acceptors (Lipinski definition) is 1. The van der Waals surface area contributed by atoms with Crippen LogP contribution in [0.3, 0.4) is 0 Å². The van der Waals surface area contributed by atoms with Crippen molar-refractivity contribution in [2.24, 2.45) is 0 Å². The fraction of sp³-hybridized carbons (Fsp3) is 0.167. The number of rotatable bonds is 3. The van der Waals surface area contributed by atoms with E-state index < -0.39 is 11.6 Å². The Morgan fingerprint density at radius 3 is 2.58 bits per heavy atom. The molecule has 0 saturated carbocycles. The lowest BCUT2D eigenvalue weighted by Crippen LogP contribution is -2.18. The standard InChI is InChI=1S/C18H15ClF2N2O/c1-3-23-16-7-4-11(19)8-13(16)10(2)17(23)18(24)22-12-5-6-14(20)15(21)9-12/h4-9H,3H2,1-2H3,(H,22,24). The van der Waals surface area contributed by atoms with Crippen LogP contribution in [-0.4, -0.2) is 10.5 Å². The lowest BCUT2D eigenvalue weighted by molar-refractivity contribution is 0.101. The summed E-state index contributed by atoms with van der Waals surface area (Å²) in [7, 11) is 0. The maximum Gasteiger partial charge on any atom is 0.272 e. The number of aromatic nitrogens is 1. The van der Waals surface area contributed by atoms with Gasteiger partial charge in [0, 0.05) is 34.2 Å². The van der Waals surface area contributed by atoms with Crippen molar-refractivity contribution in [3.05, 3.63) is 64.3 Å². The van der Waals surface area contributed by atoms with Gasteiger partial charge in [-0.05, 0) is 49.7 Å². The predicted molar refractivity (Wildman–Crippen MR) is 91.7 cm³/mol. The van der Waals surface area contributed by atoms with Gasteiger partial charge in [0.1, 0.15) is 5.69 Å². The zero-order valence-electron chi connectivity index (χ0n) is 13.2. The zero-order chi connectivity index (χ0) is 17.4. The van der Waals surface area contributed by atoms with Gasteiger partial charge >= 0.3 is 0 Å². The Morgan fingerprint density at radius 2 is 1.92 bits per heavy atom. The molecule has 3 aromatic rings. The second-order valence-corrected chi connectivity index (χ2v) is 5.90. The molecule has 3 nitrogen and oxygen atoms in total. The van der Waals surface area contributed by atoms with Gasteiger partial charge in [0.2, 0.25) is 0 Å². The maximum absolute atomic E-state index is 13.3. The average molecular weight is 349 g/mol. The number of carbonyl (C=O) groups is 1. The third kappa shape index (κ3) is 2.76. The second-order valence-electron chi connectivity index (χ2n) is 5.46. The Labute approximate surface area is 142 Å². The van der Waals surface area contributed by atoms with Crippen LogP contribution in [0.4, 0.5) is 14.5 Å². The van der Waals surface area contributed by atoms with Crippen LogP contribution < -0.4 is 5.32 Å². The zero-order valence-corrected chi connectivity index (χ0v) is 13.9. The van der Waals surface area contributed by atoms with Gasteiger partial charge in [-0.1, -0.05) is 11.6 Å². The molecule has 0 aliphatic heterocycles. The summed E-state index contributed by atoms with van der Waals surface area (Å²) in [5.74, 6) is -2.35. The number of anilines is 1. The van der Waals surface area contributed by atoms with E-state index in [9.17, 15) is 13.6 Å². The second kappa shape index (κ2) is 6.24. The summed E-state index contributed by atoms with van der Waals surface area (Å²) < 4.78 is 28.2. The number of aryl methyl sites for hydroxylation is 2. The number of hydrogen-bond donors (Lipinski definition) is 1. The fourth-order valence-corrected chi connectivity index (χ4v) is 3.05. The van der Waals surface area contributed by atoms with Crippen LogP contribution in [0.25, 0.3) is 10.9 Å². The molecule has 124 valence electrons. The van der Waals surface area contributed by atoms with Crippen LogP contribution >= 0.6 is 11.6 Å². The third-order valence-corrected chi connectivity index (χ3v) is 4.22. The Bertz CT molecular complexity index is 950.